The van der Waals surface area contributed by atoms with Gasteiger partial charge in [-0.2, -0.15) is 5.06 Å². The minimum Gasteiger partial charge on any atom is -0.395 e. The van der Waals surface area contributed by atoms with Crippen molar-refractivity contribution in [3.63, 3.8) is 0 Å². The van der Waals surface area contributed by atoms with Crippen molar-refractivity contribution in [1.82, 2.24) is 11.2 Å². The minimum atomic E-state index is 0. The summed E-state index contributed by atoms with van der Waals surface area (Å²) in [6, 6.07) is 0.00926. The highest BCUT2D eigenvalue weighted by molar-refractivity contribution is 4.70. The Labute approximate surface area is 54.6 Å². The van der Waals surface area contributed by atoms with Crippen LogP contribution in [-0.4, -0.2) is 34.6 Å². The predicted molar refractivity (Wildman–Crippen MR) is 33.6 cm³/mol. The van der Waals surface area contributed by atoms with Gasteiger partial charge in [0.05, 0.1) is 12.6 Å². The summed E-state index contributed by atoms with van der Waals surface area (Å²) < 4.78 is 0. The highest BCUT2D eigenvalue weighted by atomic mass is 16.5. The molecule has 1 atom stereocenters. The maximum atomic E-state index is 8.86. The van der Waals surface area contributed by atoms with E-state index in [4.69, 9.17) is 10.3 Å². The number of aliphatic hydroxyl groups excluding tert-OH is 1. The summed E-state index contributed by atoms with van der Waals surface area (Å²) in [4.78, 5) is 0. The lowest BCUT2D eigenvalue weighted by Crippen LogP contribution is -2.28. The largest absolute Gasteiger partial charge is 0.395 e. The first-order chi connectivity index (χ1) is 3.84. The SMILES string of the molecule is N.OCC1CCCN1O. The summed E-state index contributed by atoms with van der Waals surface area (Å²) in [6.45, 7) is 0.793. The molecule has 0 radical (unpaired) electrons. The van der Waals surface area contributed by atoms with E-state index in [2.05, 4.69) is 0 Å². The van der Waals surface area contributed by atoms with Crippen molar-refractivity contribution in [2.75, 3.05) is 13.2 Å². The van der Waals surface area contributed by atoms with E-state index in [9.17, 15) is 0 Å². The molecule has 0 amide bonds. The Balaban J connectivity index is 0.000000640. The van der Waals surface area contributed by atoms with Crippen molar-refractivity contribution in [2.45, 2.75) is 18.9 Å². The number of hydrogen-bond acceptors (Lipinski definition) is 4. The molecule has 0 aromatic heterocycles. The van der Waals surface area contributed by atoms with Crippen LogP contribution < -0.4 is 6.15 Å². The Kier molecular flexibility index (Phi) is 3.72. The molecule has 1 aliphatic heterocycles. The molecule has 1 aliphatic rings. The van der Waals surface area contributed by atoms with Crippen molar-refractivity contribution >= 4 is 0 Å². The van der Waals surface area contributed by atoms with E-state index in [1.165, 1.54) is 5.06 Å². The number of hydrogen-bond donors (Lipinski definition) is 3. The third kappa shape index (κ3) is 1.91. The van der Waals surface area contributed by atoms with Crippen LogP contribution in [0, 0.1) is 0 Å². The molecule has 1 saturated heterocycles. The van der Waals surface area contributed by atoms with Crippen molar-refractivity contribution in [2.24, 2.45) is 0 Å². The quantitative estimate of drug-likeness (QED) is 0.471. The smallest absolute Gasteiger partial charge is 0.0610 e. The monoisotopic (exact) mass is 134 g/mol. The molecule has 5 N–H and O–H groups in total. The number of nitrogens with zero attached hydrogens (tertiary/aromatic N) is 1. The number of aliphatic hydroxyl groups is 1. The second kappa shape index (κ2) is 3.79. The first-order valence-corrected chi connectivity index (χ1v) is 2.91. The molecule has 1 heterocycles. The second-order valence-electron chi connectivity index (χ2n) is 2.14. The first-order valence-electron chi connectivity index (χ1n) is 2.91. The third-order valence-corrected chi connectivity index (χ3v) is 1.56. The zero-order valence-corrected chi connectivity index (χ0v) is 5.45. The Bertz CT molecular complexity index is 79.4. The molecule has 0 spiro atoms. The molecule has 1 rings (SSSR count). The van der Waals surface area contributed by atoms with Gasteiger partial charge >= 0.3 is 0 Å². The van der Waals surface area contributed by atoms with Crippen LogP contribution in [0.4, 0.5) is 0 Å². The van der Waals surface area contributed by atoms with Gasteiger partial charge in [-0.1, -0.05) is 0 Å². The molecular formula is C5H14N2O2. The molecule has 4 heteroatoms. The van der Waals surface area contributed by atoms with E-state index < -0.39 is 0 Å². The molecule has 1 fully saturated rings. The Morgan fingerprint density at radius 3 is 2.44 bits per heavy atom. The van der Waals surface area contributed by atoms with Gasteiger partial charge in [0.15, 0.2) is 0 Å². The Morgan fingerprint density at radius 1 is 1.56 bits per heavy atom. The highest BCUT2D eigenvalue weighted by Crippen LogP contribution is 2.12. The van der Waals surface area contributed by atoms with Crippen molar-refractivity contribution in [3.05, 3.63) is 0 Å². The lowest BCUT2D eigenvalue weighted by atomic mass is 10.2. The van der Waals surface area contributed by atoms with Crippen LogP contribution in [0.25, 0.3) is 0 Å². The van der Waals surface area contributed by atoms with E-state index in [1.807, 2.05) is 0 Å². The maximum absolute atomic E-state index is 8.86. The van der Waals surface area contributed by atoms with Crippen LogP contribution in [-0.2, 0) is 0 Å². The van der Waals surface area contributed by atoms with E-state index in [0.29, 0.717) is 6.54 Å². The Morgan fingerprint density at radius 2 is 2.22 bits per heavy atom. The van der Waals surface area contributed by atoms with E-state index in [-0.39, 0.29) is 18.8 Å². The molecule has 0 bridgehead atoms. The average molecular weight is 134 g/mol. The number of hydroxylamine groups is 2. The Hall–Kier alpha value is -0.160. The summed E-state index contributed by atoms with van der Waals surface area (Å²) in [5.41, 5.74) is 0. The molecule has 0 aliphatic carbocycles. The van der Waals surface area contributed by atoms with Gasteiger partial charge in [0.2, 0.25) is 0 Å². The maximum Gasteiger partial charge on any atom is 0.0610 e. The molecule has 0 aromatic carbocycles. The molecule has 56 valence electrons. The van der Waals surface area contributed by atoms with Crippen LogP contribution >= 0.6 is 0 Å². The van der Waals surface area contributed by atoms with Gasteiger partial charge in [0, 0.05) is 6.54 Å². The van der Waals surface area contributed by atoms with Crippen LogP contribution in [0.15, 0.2) is 0 Å². The van der Waals surface area contributed by atoms with E-state index in [0.717, 1.165) is 12.8 Å². The van der Waals surface area contributed by atoms with Crippen molar-refractivity contribution in [3.8, 4) is 0 Å². The summed E-state index contributed by atoms with van der Waals surface area (Å²) >= 11 is 0. The van der Waals surface area contributed by atoms with Gasteiger partial charge in [0.25, 0.3) is 0 Å². The standard InChI is InChI=1S/C5H11NO2.H3N/c7-4-5-2-1-3-6(5)8;/h5,7-8H,1-4H2;1H3. The van der Waals surface area contributed by atoms with E-state index in [1.54, 1.807) is 0 Å². The zero-order valence-electron chi connectivity index (χ0n) is 5.45. The summed E-state index contributed by atoms with van der Waals surface area (Å²) in [5.74, 6) is 0. The van der Waals surface area contributed by atoms with Crippen LogP contribution in [0.3, 0.4) is 0 Å². The van der Waals surface area contributed by atoms with Gasteiger partial charge in [-0.15, -0.1) is 0 Å². The molecule has 0 aromatic rings. The molecule has 0 saturated carbocycles. The first kappa shape index (κ1) is 8.84. The molecule has 9 heavy (non-hydrogen) atoms. The molecular weight excluding hydrogens is 120 g/mol. The highest BCUT2D eigenvalue weighted by Gasteiger charge is 2.20. The number of rotatable bonds is 1. The molecule has 4 nitrogen and oxygen atoms in total. The lowest BCUT2D eigenvalue weighted by molar-refractivity contribution is -0.113. The minimum absolute atomic E-state index is 0. The lowest BCUT2D eigenvalue weighted by Gasteiger charge is -2.12. The topological polar surface area (TPSA) is 78.7 Å². The fraction of sp³-hybridized carbons (Fsp3) is 1.00. The van der Waals surface area contributed by atoms with Gasteiger partial charge in [0.1, 0.15) is 0 Å². The fourth-order valence-electron chi connectivity index (χ4n) is 1.01. The van der Waals surface area contributed by atoms with Crippen LogP contribution in [0.1, 0.15) is 12.8 Å². The average Bonchev–Trinajstić information content (AvgIpc) is 2.14. The van der Waals surface area contributed by atoms with Gasteiger partial charge < -0.3 is 16.5 Å². The van der Waals surface area contributed by atoms with Crippen LogP contribution in [0.2, 0.25) is 0 Å². The predicted octanol–water partition coefficient (Wildman–Crippen LogP) is -0.00570. The molecule has 1 unspecified atom stereocenters. The van der Waals surface area contributed by atoms with Crippen molar-refractivity contribution in [1.29, 1.82) is 0 Å². The van der Waals surface area contributed by atoms with Gasteiger partial charge in [-0.25, -0.2) is 0 Å². The van der Waals surface area contributed by atoms with Crippen LogP contribution in [0.5, 0.6) is 0 Å². The fourth-order valence-corrected chi connectivity index (χ4v) is 1.01. The summed E-state index contributed by atoms with van der Waals surface area (Å²) in [7, 11) is 0. The van der Waals surface area contributed by atoms with Gasteiger partial charge in [-0.3, -0.25) is 0 Å². The zero-order chi connectivity index (χ0) is 5.98. The van der Waals surface area contributed by atoms with Gasteiger partial charge in [-0.05, 0) is 12.8 Å². The van der Waals surface area contributed by atoms with E-state index >= 15 is 0 Å². The normalized spacial score (nSPS) is 28.0. The third-order valence-electron chi connectivity index (χ3n) is 1.56. The van der Waals surface area contributed by atoms with Crippen molar-refractivity contribution < 1.29 is 10.3 Å². The summed E-state index contributed by atoms with van der Waals surface area (Å²) in [5, 5.41) is 18.6. The summed E-state index contributed by atoms with van der Waals surface area (Å²) in [6.07, 6.45) is 1.93. The second-order valence-corrected chi connectivity index (χ2v) is 2.14.